The molecule has 4 nitrogen and oxygen atoms in total. The summed E-state index contributed by atoms with van der Waals surface area (Å²) in [5.74, 6) is 2.61. The number of anilines is 1. The number of nitrogens with zero attached hydrogens (tertiary/aromatic N) is 2. The van der Waals surface area contributed by atoms with Gasteiger partial charge in [-0.15, -0.1) is 0 Å². The predicted molar refractivity (Wildman–Crippen MR) is 172 cm³/mol. The van der Waals surface area contributed by atoms with Crippen LogP contribution in [-0.2, 0) is 6.54 Å². The second-order valence-corrected chi connectivity index (χ2v) is 12.0. The molecule has 0 saturated heterocycles. The Morgan fingerprint density at radius 2 is 1.57 bits per heavy atom. The van der Waals surface area contributed by atoms with Gasteiger partial charge in [0.15, 0.2) is 6.23 Å². The summed E-state index contributed by atoms with van der Waals surface area (Å²) < 4.78 is 15.3. The highest BCUT2D eigenvalue weighted by molar-refractivity contribution is 5.93. The van der Waals surface area contributed by atoms with Crippen molar-refractivity contribution in [3.63, 3.8) is 0 Å². The van der Waals surface area contributed by atoms with E-state index in [-0.39, 0.29) is 6.23 Å². The molecule has 5 aromatic rings. The van der Waals surface area contributed by atoms with Crippen molar-refractivity contribution in [1.29, 1.82) is 0 Å². The summed E-state index contributed by atoms with van der Waals surface area (Å²) in [6.45, 7) is 6.24. The first kappa shape index (κ1) is 25.4. The molecule has 4 heteroatoms. The molecule has 8 rings (SSSR count). The van der Waals surface area contributed by atoms with Crippen molar-refractivity contribution < 1.29 is 13.7 Å². The molecule has 0 radical (unpaired) electrons. The molecule has 4 aromatic carbocycles. The summed E-state index contributed by atoms with van der Waals surface area (Å²) >= 11 is 0. The number of fused-ring (bicyclic) bond motifs is 5. The first-order valence-corrected chi connectivity index (χ1v) is 15.6. The number of ether oxygens (including phenoxy) is 1. The number of allylic oxidation sites excluding steroid dienone is 4. The average molecular weight is 554 g/mol. The van der Waals surface area contributed by atoms with Crippen LogP contribution in [0.4, 0.5) is 5.69 Å². The number of aromatic nitrogens is 1. The third-order valence-electron chi connectivity index (χ3n) is 9.54. The Morgan fingerprint density at radius 3 is 2.33 bits per heavy atom. The molecule has 2 atom stereocenters. The van der Waals surface area contributed by atoms with Crippen LogP contribution in [-0.4, -0.2) is 12.8 Å². The molecule has 1 aliphatic heterocycles. The zero-order valence-electron chi connectivity index (χ0n) is 24.5. The molecule has 42 heavy (non-hydrogen) atoms. The van der Waals surface area contributed by atoms with Gasteiger partial charge in [0.05, 0.1) is 11.8 Å². The monoisotopic (exact) mass is 553 g/mol. The summed E-state index contributed by atoms with van der Waals surface area (Å²) in [5.41, 5.74) is 7.67. The van der Waals surface area contributed by atoms with E-state index in [0.717, 1.165) is 55.1 Å². The van der Waals surface area contributed by atoms with E-state index in [1.165, 1.54) is 56.8 Å². The highest BCUT2D eigenvalue weighted by Crippen LogP contribution is 2.44. The van der Waals surface area contributed by atoms with Gasteiger partial charge in [-0.05, 0) is 96.3 Å². The SMILES string of the molecule is CCN1c2cc3ccccc3cc2OC1CC1=CC2=C/C(=C/c3oc4cc5ccccc5cc4[n+]3CC)CCC2CC1. The van der Waals surface area contributed by atoms with Crippen LogP contribution in [0, 0.1) is 5.92 Å². The van der Waals surface area contributed by atoms with E-state index in [9.17, 15) is 0 Å². The van der Waals surface area contributed by atoms with Crippen LogP contribution in [0.5, 0.6) is 5.75 Å². The number of hydrogen-bond donors (Lipinski definition) is 0. The number of hydrogen-bond acceptors (Lipinski definition) is 3. The van der Waals surface area contributed by atoms with Gasteiger partial charge in [-0.3, -0.25) is 0 Å². The third-order valence-corrected chi connectivity index (χ3v) is 9.54. The van der Waals surface area contributed by atoms with E-state index in [2.05, 4.69) is 114 Å². The molecule has 3 aliphatic rings. The zero-order chi connectivity index (χ0) is 28.2. The van der Waals surface area contributed by atoms with E-state index < -0.39 is 0 Å². The molecule has 0 amide bonds. The predicted octanol–water partition coefficient (Wildman–Crippen LogP) is 9.12. The molecule has 0 fully saturated rings. The first-order valence-electron chi connectivity index (χ1n) is 15.6. The first-order chi connectivity index (χ1) is 20.7. The largest absolute Gasteiger partial charge is 0.468 e. The van der Waals surface area contributed by atoms with Crippen molar-refractivity contribution in [3.8, 4) is 5.75 Å². The maximum absolute atomic E-state index is 6.58. The van der Waals surface area contributed by atoms with Crippen LogP contribution in [0.1, 0.15) is 51.8 Å². The standard InChI is InChI=1S/C38H37N2O2/c1-3-39-33-21-28-9-5-7-11-30(28)23-35(33)41-37(39)19-25-13-15-27-16-14-26(18-32(27)17-25)20-38-40(4-2)34-22-29-10-6-8-12-31(29)24-36(34)42-38/h5-12,17-19,21-24,27,38H,3-4,13-16,20H2,1-2H3/q+1/b25-19+. The van der Waals surface area contributed by atoms with Gasteiger partial charge in [-0.25, -0.2) is 0 Å². The quantitative estimate of drug-likeness (QED) is 0.203. The highest BCUT2D eigenvalue weighted by Gasteiger charge is 2.32. The lowest BCUT2D eigenvalue weighted by molar-refractivity contribution is -0.674. The fraction of sp³-hybridized carbons (Fsp3) is 0.289. The fourth-order valence-corrected chi connectivity index (χ4v) is 7.34. The summed E-state index contributed by atoms with van der Waals surface area (Å²) in [7, 11) is 0. The maximum atomic E-state index is 6.58. The van der Waals surface area contributed by atoms with Gasteiger partial charge in [-0.1, -0.05) is 66.3 Å². The van der Waals surface area contributed by atoms with E-state index >= 15 is 0 Å². The van der Waals surface area contributed by atoms with Crippen LogP contribution in [0.25, 0.3) is 38.7 Å². The second kappa shape index (κ2) is 10.2. The lowest BCUT2D eigenvalue weighted by Gasteiger charge is -2.31. The van der Waals surface area contributed by atoms with Crippen LogP contribution < -0.4 is 14.2 Å². The van der Waals surface area contributed by atoms with Crippen LogP contribution in [0.2, 0.25) is 0 Å². The minimum Gasteiger partial charge on any atom is -0.468 e. The van der Waals surface area contributed by atoms with Gasteiger partial charge in [0.2, 0.25) is 5.58 Å². The smallest absolute Gasteiger partial charge is 0.374 e. The summed E-state index contributed by atoms with van der Waals surface area (Å²) in [4.78, 5) is 2.43. The van der Waals surface area contributed by atoms with Gasteiger partial charge in [-0.2, -0.15) is 4.57 Å². The Labute approximate surface area is 247 Å². The lowest BCUT2D eigenvalue weighted by Crippen LogP contribution is -2.35. The van der Waals surface area contributed by atoms with E-state index in [0.29, 0.717) is 5.92 Å². The lowest BCUT2D eigenvalue weighted by atomic mass is 9.77. The summed E-state index contributed by atoms with van der Waals surface area (Å²) in [6, 6.07) is 26.0. The van der Waals surface area contributed by atoms with Crippen LogP contribution >= 0.6 is 0 Å². The molecule has 1 aromatic heterocycles. The Hall–Kier alpha value is -4.31. The number of benzene rings is 4. The van der Waals surface area contributed by atoms with Gasteiger partial charge >= 0.3 is 5.89 Å². The minimum absolute atomic E-state index is 0.0541. The topological polar surface area (TPSA) is 29.5 Å². The Morgan fingerprint density at radius 1 is 0.857 bits per heavy atom. The molecular weight excluding hydrogens is 516 g/mol. The number of rotatable bonds is 5. The average Bonchev–Trinajstić information content (AvgIpc) is 3.53. The number of oxazole rings is 1. The molecule has 0 bridgehead atoms. The Balaban J connectivity index is 1.08. The Kier molecular flexibility index (Phi) is 6.17. The van der Waals surface area contributed by atoms with E-state index in [1.54, 1.807) is 0 Å². The van der Waals surface area contributed by atoms with Gasteiger partial charge in [0.25, 0.3) is 5.52 Å². The normalized spacial score (nSPS) is 21.0. The van der Waals surface area contributed by atoms with Gasteiger partial charge in [0.1, 0.15) is 12.3 Å². The van der Waals surface area contributed by atoms with Crippen molar-refractivity contribution in [1.82, 2.24) is 0 Å². The third kappa shape index (κ3) is 4.32. The molecule has 210 valence electrons. The Bertz CT molecular complexity index is 1940. The van der Waals surface area contributed by atoms with E-state index in [4.69, 9.17) is 9.15 Å². The minimum atomic E-state index is 0.0541. The van der Waals surface area contributed by atoms with Crippen molar-refractivity contribution in [2.75, 3.05) is 11.4 Å². The van der Waals surface area contributed by atoms with Crippen molar-refractivity contribution in [2.24, 2.45) is 5.92 Å². The van der Waals surface area contributed by atoms with Crippen molar-refractivity contribution in [2.45, 2.75) is 58.7 Å². The molecular formula is C38H37N2O2+. The summed E-state index contributed by atoms with van der Waals surface area (Å²) in [6.07, 6.45) is 12.9. The van der Waals surface area contributed by atoms with Crippen LogP contribution in [0.3, 0.4) is 0 Å². The van der Waals surface area contributed by atoms with Crippen LogP contribution in [0.15, 0.2) is 106 Å². The van der Waals surface area contributed by atoms with Crippen molar-refractivity contribution >= 4 is 44.4 Å². The fourth-order valence-electron chi connectivity index (χ4n) is 7.34. The molecule has 0 N–H and O–H groups in total. The second-order valence-electron chi connectivity index (χ2n) is 12.0. The molecule has 2 aliphatic carbocycles. The summed E-state index contributed by atoms with van der Waals surface area (Å²) in [5, 5.41) is 4.97. The van der Waals surface area contributed by atoms with Gasteiger partial charge < -0.3 is 14.1 Å². The molecule has 0 saturated carbocycles. The molecule has 0 spiro atoms. The molecule has 2 heterocycles. The maximum Gasteiger partial charge on any atom is 0.374 e. The van der Waals surface area contributed by atoms with Gasteiger partial charge in [0, 0.05) is 19.0 Å². The zero-order valence-corrected chi connectivity index (χ0v) is 24.5. The highest BCUT2D eigenvalue weighted by atomic mass is 16.5. The van der Waals surface area contributed by atoms with E-state index in [1.807, 2.05) is 0 Å². The van der Waals surface area contributed by atoms with Crippen molar-refractivity contribution in [3.05, 3.63) is 108 Å². The molecule has 2 unspecified atom stereocenters. The number of aryl methyl sites for hydroxylation is 1.